The van der Waals surface area contributed by atoms with Crippen LogP contribution in [0.3, 0.4) is 0 Å². The highest BCUT2D eigenvalue weighted by Crippen LogP contribution is 2.26. The van der Waals surface area contributed by atoms with Crippen molar-refractivity contribution in [2.75, 3.05) is 29.5 Å². The summed E-state index contributed by atoms with van der Waals surface area (Å²) in [7, 11) is 1.74. The van der Waals surface area contributed by atoms with Gasteiger partial charge in [0.25, 0.3) is 0 Å². The first-order chi connectivity index (χ1) is 9.11. The average molecular weight is 279 g/mol. The van der Waals surface area contributed by atoms with Crippen LogP contribution in [0.5, 0.6) is 0 Å². The zero-order chi connectivity index (χ0) is 15.5. The summed E-state index contributed by atoms with van der Waals surface area (Å²) in [5.74, 6) is -0.0178. The van der Waals surface area contributed by atoms with Gasteiger partial charge < -0.3 is 21.1 Å². The number of nitrogens with one attached hydrogen (secondary N) is 1. The van der Waals surface area contributed by atoms with E-state index < -0.39 is 5.60 Å². The number of rotatable bonds is 5. The van der Waals surface area contributed by atoms with Crippen molar-refractivity contribution in [2.45, 2.75) is 33.3 Å². The summed E-state index contributed by atoms with van der Waals surface area (Å²) in [4.78, 5) is 13.5. The van der Waals surface area contributed by atoms with E-state index >= 15 is 0 Å². The van der Waals surface area contributed by atoms with Crippen LogP contribution in [0.2, 0.25) is 0 Å². The minimum Gasteiger partial charge on any atom is -0.397 e. The third kappa shape index (κ3) is 4.42. The lowest BCUT2D eigenvalue weighted by Crippen LogP contribution is -2.31. The number of anilines is 3. The molecule has 1 rings (SSSR count). The number of aliphatic hydroxyl groups is 1. The highest BCUT2D eigenvalue weighted by atomic mass is 16.3. The van der Waals surface area contributed by atoms with Crippen molar-refractivity contribution >= 4 is 23.0 Å². The van der Waals surface area contributed by atoms with E-state index in [4.69, 9.17) is 5.73 Å². The lowest BCUT2D eigenvalue weighted by atomic mass is 10.1. The van der Waals surface area contributed by atoms with E-state index in [1.54, 1.807) is 31.9 Å². The van der Waals surface area contributed by atoms with Gasteiger partial charge in [-0.15, -0.1) is 0 Å². The molecule has 5 heteroatoms. The SMILES string of the molecule is CC(C)C(=O)N(C)c1ccc(NCC(C)(C)O)c(N)c1. The molecule has 4 N–H and O–H groups in total. The van der Waals surface area contributed by atoms with Crippen LogP contribution in [0.15, 0.2) is 18.2 Å². The third-order valence-corrected chi connectivity index (χ3v) is 2.96. The smallest absolute Gasteiger partial charge is 0.229 e. The Hall–Kier alpha value is -1.75. The van der Waals surface area contributed by atoms with Gasteiger partial charge in [-0.3, -0.25) is 4.79 Å². The van der Waals surface area contributed by atoms with Crippen LogP contribution in [-0.4, -0.2) is 30.2 Å². The summed E-state index contributed by atoms with van der Waals surface area (Å²) in [5, 5.41) is 12.8. The van der Waals surface area contributed by atoms with E-state index in [1.807, 2.05) is 26.0 Å². The fourth-order valence-corrected chi connectivity index (χ4v) is 1.75. The molecule has 0 bridgehead atoms. The van der Waals surface area contributed by atoms with Gasteiger partial charge in [-0.25, -0.2) is 0 Å². The first kappa shape index (κ1) is 16.3. The van der Waals surface area contributed by atoms with Crippen molar-refractivity contribution < 1.29 is 9.90 Å². The minimum atomic E-state index is -0.810. The van der Waals surface area contributed by atoms with Crippen LogP contribution in [-0.2, 0) is 4.79 Å². The number of carbonyl (C=O) groups is 1. The quantitative estimate of drug-likeness (QED) is 0.721. The zero-order valence-electron chi connectivity index (χ0n) is 12.9. The van der Waals surface area contributed by atoms with Gasteiger partial charge >= 0.3 is 0 Å². The normalized spacial score (nSPS) is 11.6. The molecule has 20 heavy (non-hydrogen) atoms. The van der Waals surface area contributed by atoms with Crippen molar-refractivity contribution in [1.82, 2.24) is 0 Å². The van der Waals surface area contributed by atoms with Crippen molar-refractivity contribution in [3.8, 4) is 0 Å². The molecule has 0 aliphatic carbocycles. The Balaban J connectivity index is 2.85. The van der Waals surface area contributed by atoms with Gasteiger partial charge in [0, 0.05) is 25.2 Å². The molecule has 0 unspecified atom stereocenters. The lowest BCUT2D eigenvalue weighted by Gasteiger charge is -2.22. The maximum absolute atomic E-state index is 11.9. The predicted molar refractivity (Wildman–Crippen MR) is 83.9 cm³/mol. The Labute approximate surface area is 120 Å². The Bertz CT molecular complexity index is 478. The number of hydrogen-bond acceptors (Lipinski definition) is 4. The Morgan fingerprint density at radius 2 is 2.05 bits per heavy atom. The monoisotopic (exact) mass is 279 g/mol. The van der Waals surface area contributed by atoms with Crippen LogP contribution >= 0.6 is 0 Å². The summed E-state index contributed by atoms with van der Waals surface area (Å²) >= 11 is 0. The second-order valence-electron chi connectivity index (χ2n) is 5.99. The highest BCUT2D eigenvalue weighted by molar-refractivity contribution is 5.95. The molecule has 112 valence electrons. The molecule has 0 fully saturated rings. The minimum absolute atomic E-state index is 0.0431. The molecule has 1 aromatic carbocycles. The molecule has 0 atom stereocenters. The summed E-state index contributed by atoms with van der Waals surface area (Å²) in [6.07, 6.45) is 0. The summed E-state index contributed by atoms with van der Waals surface area (Å²) in [6, 6.07) is 5.41. The van der Waals surface area contributed by atoms with E-state index in [0.29, 0.717) is 12.2 Å². The van der Waals surface area contributed by atoms with Gasteiger partial charge in [0.2, 0.25) is 5.91 Å². The second kappa shape index (κ2) is 6.13. The molecule has 0 spiro atoms. The van der Waals surface area contributed by atoms with E-state index in [-0.39, 0.29) is 11.8 Å². The van der Waals surface area contributed by atoms with Crippen molar-refractivity contribution in [3.05, 3.63) is 18.2 Å². The van der Waals surface area contributed by atoms with E-state index in [0.717, 1.165) is 11.4 Å². The molecule has 0 radical (unpaired) electrons. The zero-order valence-corrected chi connectivity index (χ0v) is 12.9. The van der Waals surface area contributed by atoms with Crippen molar-refractivity contribution in [1.29, 1.82) is 0 Å². The number of nitrogens with zero attached hydrogens (tertiary/aromatic N) is 1. The van der Waals surface area contributed by atoms with E-state index in [2.05, 4.69) is 5.32 Å². The second-order valence-corrected chi connectivity index (χ2v) is 5.99. The van der Waals surface area contributed by atoms with Gasteiger partial charge in [-0.1, -0.05) is 13.8 Å². The Morgan fingerprint density at radius 3 is 2.50 bits per heavy atom. The topological polar surface area (TPSA) is 78.6 Å². The highest BCUT2D eigenvalue weighted by Gasteiger charge is 2.16. The van der Waals surface area contributed by atoms with Crippen LogP contribution < -0.4 is 16.0 Å². The largest absolute Gasteiger partial charge is 0.397 e. The molecule has 1 amide bonds. The molecule has 1 aromatic rings. The molecule has 0 saturated heterocycles. The summed E-state index contributed by atoms with van der Waals surface area (Å²) in [5.41, 5.74) is 7.23. The average Bonchev–Trinajstić information content (AvgIpc) is 2.34. The molecule has 0 aliphatic rings. The number of amides is 1. The van der Waals surface area contributed by atoms with Crippen molar-refractivity contribution in [3.63, 3.8) is 0 Å². The molecular weight excluding hydrogens is 254 g/mol. The molecule has 5 nitrogen and oxygen atoms in total. The van der Waals surface area contributed by atoms with Gasteiger partial charge in [0.15, 0.2) is 0 Å². The van der Waals surface area contributed by atoms with Gasteiger partial charge in [0.1, 0.15) is 0 Å². The molecular formula is C15H25N3O2. The van der Waals surface area contributed by atoms with E-state index in [1.165, 1.54) is 0 Å². The number of hydrogen-bond donors (Lipinski definition) is 3. The van der Waals surface area contributed by atoms with Gasteiger partial charge in [-0.05, 0) is 32.0 Å². The van der Waals surface area contributed by atoms with Gasteiger partial charge in [-0.2, -0.15) is 0 Å². The molecule has 0 heterocycles. The number of nitrogen functional groups attached to an aromatic ring is 1. The fourth-order valence-electron chi connectivity index (χ4n) is 1.75. The predicted octanol–water partition coefficient (Wildman–Crippen LogP) is 2.07. The van der Waals surface area contributed by atoms with Crippen LogP contribution in [0, 0.1) is 5.92 Å². The van der Waals surface area contributed by atoms with Crippen LogP contribution in [0.4, 0.5) is 17.1 Å². The third-order valence-electron chi connectivity index (χ3n) is 2.96. The maximum atomic E-state index is 11.9. The van der Waals surface area contributed by atoms with Crippen LogP contribution in [0.25, 0.3) is 0 Å². The Morgan fingerprint density at radius 1 is 1.45 bits per heavy atom. The van der Waals surface area contributed by atoms with Crippen LogP contribution in [0.1, 0.15) is 27.7 Å². The number of carbonyl (C=O) groups excluding carboxylic acids is 1. The first-order valence-electron chi connectivity index (χ1n) is 6.75. The standard InChI is InChI=1S/C15H25N3O2/c1-10(2)14(19)18(5)11-6-7-13(12(16)8-11)17-9-15(3,4)20/h6-8,10,17,20H,9,16H2,1-5H3. The summed E-state index contributed by atoms with van der Waals surface area (Å²) in [6.45, 7) is 7.57. The number of nitrogens with two attached hydrogens (primary N) is 1. The molecule has 0 saturated carbocycles. The van der Waals surface area contributed by atoms with Gasteiger partial charge in [0.05, 0.1) is 17.0 Å². The first-order valence-corrected chi connectivity index (χ1v) is 6.75. The van der Waals surface area contributed by atoms with Crippen molar-refractivity contribution in [2.24, 2.45) is 5.92 Å². The fraction of sp³-hybridized carbons (Fsp3) is 0.533. The molecule has 0 aliphatic heterocycles. The molecule has 0 aromatic heterocycles. The number of benzene rings is 1. The summed E-state index contributed by atoms with van der Waals surface area (Å²) < 4.78 is 0. The lowest BCUT2D eigenvalue weighted by molar-refractivity contribution is -0.121. The Kier molecular flexibility index (Phi) is 5.00. The maximum Gasteiger partial charge on any atom is 0.229 e. The van der Waals surface area contributed by atoms with E-state index in [9.17, 15) is 9.90 Å².